The summed E-state index contributed by atoms with van der Waals surface area (Å²) in [5, 5.41) is 16.2. The summed E-state index contributed by atoms with van der Waals surface area (Å²) in [5.41, 5.74) is 2.13. The topological polar surface area (TPSA) is 84.7 Å². The van der Waals surface area contributed by atoms with E-state index in [-0.39, 0.29) is 11.6 Å². The van der Waals surface area contributed by atoms with Crippen LogP contribution in [0.4, 0.5) is 0 Å². The van der Waals surface area contributed by atoms with Crippen molar-refractivity contribution in [2.75, 3.05) is 39.4 Å². The first-order chi connectivity index (χ1) is 13.6. The molecule has 146 valence electrons. The average Bonchev–Trinajstić information content (AvgIpc) is 3.17. The third kappa shape index (κ3) is 4.10. The van der Waals surface area contributed by atoms with Crippen LogP contribution in [0.5, 0.6) is 0 Å². The summed E-state index contributed by atoms with van der Waals surface area (Å²) in [6.07, 6.45) is 1.45. The van der Waals surface area contributed by atoms with E-state index in [0.717, 1.165) is 32.8 Å². The summed E-state index contributed by atoms with van der Waals surface area (Å²) in [6.45, 7) is 4.49. The minimum atomic E-state index is -0.268. The molecule has 1 fully saturated rings. The van der Waals surface area contributed by atoms with Gasteiger partial charge in [-0.25, -0.2) is 0 Å². The molecule has 1 aromatic carbocycles. The lowest BCUT2D eigenvalue weighted by atomic mass is 10.1. The number of morpholine rings is 1. The van der Waals surface area contributed by atoms with Crippen LogP contribution in [-0.2, 0) is 4.74 Å². The third-order valence-electron chi connectivity index (χ3n) is 4.54. The van der Waals surface area contributed by atoms with Crippen LogP contribution in [0.2, 0.25) is 10.0 Å². The maximum Gasteiger partial charge on any atom is 0.271 e. The van der Waals surface area contributed by atoms with Gasteiger partial charge >= 0.3 is 0 Å². The van der Waals surface area contributed by atoms with E-state index in [9.17, 15) is 4.79 Å². The van der Waals surface area contributed by atoms with Crippen molar-refractivity contribution in [3.63, 3.8) is 0 Å². The molecule has 3 aromatic rings. The molecule has 0 saturated carbocycles. The standard InChI is InChI=1S/C18H18Cl2N6O2/c19-12-1-2-13(15(20)9-12)14-10-16(24-26-11-22-23-17(14)26)18(27)21-3-4-25-5-7-28-8-6-25/h1-2,9-11H,3-8H2,(H,21,27). The minimum absolute atomic E-state index is 0.260. The maximum atomic E-state index is 12.6. The first-order valence-corrected chi connectivity index (χ1v) is 9.62. The molecule has 1 amide bonds. The van der Waals surface area contributed by atoms with Crippen LogP contribution < -0.4 is 5.32 Å². The highest BCUT2D eigenvalue weighted by atomic mass is 35.5. The van der Waals surface area contributed by atoms with Crippen molar-refractivity contribution >= 4 is 34.8 Å². The zero-order valence-corrected chi connectivity index (χ0v) is 16.4. The van der Waals surface area contributed by atoms with Crippen molar-refractivity contribution < 1.29 is 9.53 Å². The molecule has 0 bridgehead atoms. The van der Waals surface area contributed by atoms with E-state index >= 15 is 0 Å². The summed E-state index contributed by atoms with van der Waals surface area (Å²) in [5.74, 6) is -0.268. The van der Waals surface area contributed by atoms with Crippen molar-refractivity contribution in [1.82, 2.24) is 30.0 Å². The SMILES string of the molecule is O=C(NCCN1CCOCC1)c1cc(-c2ccc(Cl)cc2Cl)c2nncn2n1. The van der Waals surface area contributed by atoms with Crippen molar-refractivity contribution in [2.24, 2.45) is 0 Å². The van der Waals surface area contributed by atoms with Gasteiger partial charge in [-0.1, -0.05) is 29.3 Å². The molecule has 0 spiro atoms. The average molecular weight is 421 g/mol. The smallest absolute Gasteiger partial charge is 0.271 e. The fourth-order valence-corrected chi connectivity index (χ4v) is 3.60. The molecule has 0 atom stereocenters. The van der Waals surface area contributed by atoms with Gasteiger partial charge in [0, 0.05) is 42.3 Å². The van der Waals surface area contributed by atoms with Crippen molar-refractivity contribution in [2.45, 2.75) is 0 Å². The third-order valence-corrected chi connectivity index (χ3v) is 5.09. The highest BCUT2D eigenvalue weighted by Gasteiger charge is 2.17. The van der Waals surface area contributed by atoms with Gasteiger partial charge in [0.1, 0.15) is 12.0 Å². The number of halogens is 2. The Hall–Kier alpha value is -2.26. The Labute approximate surface area is 171 Å². The van der Waals surface area contributed by atoms with Crippen LogP contribution in [0.15, 0.2) is 30.6 Å². The number of hydrogen-bond acceptors (Lipinski definition) is 6. The second-order valence-electron chi connectivity index (χ2n) is 6.38. The van der Waals surface area contributed by atoms with Crippen LogP contribution in [0.25, 0.3) is 16.8 Å². The molecule has 0 unspecified atom stereocenters. The number of ether oxygens (including phenoxy) is 1. The number of fused-ring (bicyclic) bond motifs is 1. The molecular weight excluding hydrogens is 403 g/mol. The zero-order chi connectivity index (χ0) is 19.5. The van der Waals surface area contributed by atoms with Crippen LogP contribution in [0.3, 0.4) is 0 Å². The van der Waals surface area contributed by atoms with Gasteiger partial charge in [0.2, 0.25) is 0 Å². The van der Waals surface area contributed by atoms with Crippen LogP contribution >= 0.6 is 23.2 Å². The number of benzene rings is 1. The second kappa shape index (κ2) is 8.40. The highest BCUT2D eigenvalue weighted by molar-refractivity contribution is 6.36. The number of amides is 1. The zero-order valence-electron chi connectivity index (χ0n) is 14.9. The van der Waals surface area contributed by atoms with E-state index < -0.39 is 0 Å². The first kappa shape index (κ1) is 19.1. The van der Waals surface area contributed by atoms with Gasteiger partial charge < -0.3 is 10.1 Å². The summed E-state index contributed by atoms with van der Waals surface area (Å²) >= 11 is 12.4. The molecule has 10 heteroatoms. The lowest BCUT2D eigenvalue weighted by Gasteiger charge is -2.26. The van der Waals surface area contributed by atoms with Gasteiger partial charge in [0.05, 0.1) is 18.2 Å². The summed E-state index contributed by atoms with van der Waals surface area (Å²) in [7, 11) is 0. The Kier molecular flexibility index (Phi) is 5.72. The monoisotopic (exact) mass is 420 g/mol. The first-order valence-electron chi connectivity index (χ1n) is 8.86. The Morgan fingerprint density at radius 2 is 2.00 bits per heavy atom. The Morgan fingerprint density at radius 3 is 2.79 bits per heavy atom. The van der Waals surface area contributed by atoms with E-state index in [1.807, 2.05) is 0 Å². The number of carbonyl (C=O) groups is 1. The fourth-order valence-electron chi connectivity index (χ4n) is 3.09. The summed E-state index contributed by atoms with van der Waals surface area (Å²) < 4.78 is 6.80. The lowest BCUT2D eigenvalue weighted by molar-refractivity contribution is 0.0383. The Bertz CT molecular complexity index is 1000. The number of aromatic nitrogens is 4. The molecule has 8 nitrogen and oxygen atoms in total. The van der Waals surface area contributed by atoms with Crippen molar-refractivity contribution in [3.8, 4) is 11.1 Å². The van der Waals surface area contributed by atoms with Gasteiger partial charge in [-0.05, 0) is 18.2 Å². The number of carbonyl (C=O) groups excluding carboxylic acids is 1. The molecular formula is C18H18Cl2N6O2. The second-order valence-corrected chi connectivity index (χ2v) is 7.22. The van der Waals surface area contributed by atoms with Crippen LogP contribution in [0, 0.1) is 0 Å². The molecule has 2 aromatic heterocycles. The maximum absolute atomic E-state index is 12.6. The van der Waals surface area contributed by atoms with Crippen molar-refractivity contribution in [3.05, 3.63) is 46.3 Å². The molecule has 0 aliphatic carbocycles. The van der Waals surface area contributed by atoms with Crippen LogP contribution in [-0.4, -0.2) is 70.0 Å². The molecule has 1 aliphatic rings. The Balaban J connectivity index is 1.56. The predicted octanol–water partition coefficient (Wildman–Crippen LogP) is 2.16. The highest BCUT2D eigenvalue weighted by Crippen LogP contribution is 2.32. The van der Waals surface area contributed by atoms with E-state index in [1.54, 1.807) is 24.3 Å². The fraction of sp³-hybridized carbons (Fsp3) is 0.333. The van der Waals surface area contributed by atoms with Gasteiger partial charge in [0.15, 0.2) is 5.65 Å². The van der Waals surface area contributed by atoms with Gasteiger partial charge in [-0.3, -0.25) is 9.69 Å². The van der Waals surface area contributed by atoms with E-state index in [2.05, 4.69) is 25.5 Å². The van der Waals surface area contributed by atoms with Gasteiger partial charge in [0.25, 0.3) is 5.91 Å². The van der Waals surface area contributed by atoms with Gasteiger partial charge in [-0.15, -0.1) is 10.2 Å². The number of nitrogens with one attached hydrogen (secondary N) is 1. The predicted molar refractivity (Wildman–Crippen MR) is 106 cm³/mol. The van der Waals surface area contributed by atoms with Crippen LogP contribution in [0.1, 0.15) is 10.5 Å². The van der Waals surface area contributed by atoms with E-state index in [1.165, 1.54) is 10.8 Å². The van der Waals surface area contributed by atoms with Gasteiger partial charge in [-0.2, -0.15) is 9.61 Å². The molecule has 28 heavy (non-hydrogen) atoms. The Morgan fingerprint density at radius 1 is 1.18 bits per heavy atom. The number of nitrogens with zero attached hydrogens (tertiary/aromatic N) is 5. The van der Waals surface area contributed by atoms with E-state index in [0.29, 0.717) is 33.4 Å². The van der Waals surface area contributed by atoms with E-state index in [4.69, 9.17) is 27.9 Å². The minimum Gasteiger partial charge on any atom is -0.379 e. The summed E-state index contributed by atoms with van der Waals surface area (Å²) in [6, 6.07) is 6.84. The molecule has 0 radical (unpaired) electrons. The quantitative estimate of drug-likeness (QED) is 0.680. The molecule has 3 heterocycles. The number of rotatable bonds is 5. The van der Waals surface area contributed by atoms with Crippen molar-refractivity contribution in [1.29, 1.82) is 0 Å². The summed E-state index contributed by atoms with van der Waals surface area (Å²) in [4.78, 5) is 14.9. The molecule has 1 N–H and O–H groups in total. The molecule has 1 saturated heterocycles. The number of hydrogen-bond donors (Lipinski definition) is 1. The molecule has 4 rings (SSSR count). The normalized spacial score (nSPS) is 15.1. The molecule has 1 aliphatic heterocycles. The largest absolute Gasteiger partial charge is 0.379 e. The lowest BCUT2D eigenvalue weighted by Crippen LogP contribution is -2.41.